The van der Waals surface area contributed by atoms with E-state index in [0.717, 1.165) is 5.75 Å². The highest BCUT2D eigenvalue weighted by molar-refractivity contribution is 7.80. The number of nitrogens with zero attached hydrogens (tertiary/aromatic N) is 1. The number of thiol groups is 1. The standard InChI is InChI=1S/C16H31NS/c1-3-15(2)9-11-17(12-10-15)13-16(14-18)7-5-4-6-8-16/h18H,3-14H2,1-2H3. The van der Waals surface area contributed by atoms with Crippen molar-refractivity contribution in [3.8, 4) is 0 Å². The van der Waals surface area contributed by atoms with Gasteiger partial charge in [-0.25, -0.2) is 0 Å². The van der Waals surface area contributed by atoms with Gasteiger partial charge in [-0.3, -0.25) is 0 Å². The summed E-state index contributed by atoms with van der Waals surface area (Å²) < 4.78 is 0. The van der Waals surface area contributed by atoms with E-state index in [1.165, 1.54) is 71.0 Å². The largest absolute Gasteiger partial charge is 0.303 e. The normalized spacial score (nSPS) is 28.2. The highest BCUT2D eigenvalue weighted by Gasteiger charge is 2.35. The number of likely N-dealkylation sites (tertiary alicyclic amines) is 1. The number of rotatable bonds is 4. The van der Waals surface area contributed by atoms with E-state index < -0.39 is 0 Å². The molecule has 2 rings (SSSR count). The molecule has 0 aromatic heterocycles. The third kappa shape index (κ3) is 3.45. The van der Waals surface area contributed by atoms with Gasteiger partial charge in [0.25, 0.3) is 0 Å². The van der Waals surface area contributed by atoms with Gasteiger partial charge in [-0.1, -0.05) is 39.5 Å². The predicted octanol–water partition coefficient (Wildman–Crippen LogP) is 4.38. The van der Waals surface area contributed by atoms with Crippen molar-refractivity contribution in [1.82, 2.24) is 4.90 Å². The second kappa shape index (κ2) is 6.17. The fourth-order valence-electron chi connectivity index (χ4n) is 3.75. The fraction of sp³-hybridized carbons (Fsp3) is 1.00. The van der Waals surface area contributed by atoms with E-state index >= 15 is 0 Å². The fourth-order valence-corrected chi connectivity index (χ4v) is 4.16. The third-order valence-electron chi connectivity index (χ3n) is 5.73. The SMILES string of the molecule is CCC1(C)CCN(CC2(CS)CCCCC2)CC1. The Balaban J connectivity index is 1.86. The minimum absolute atomic E-state index is 0.543. The van der Waals surface area contributed by atoms with Gasteiger partial charge < -0.3 is 4.90 Å². The van der Waals surface area contributed by atoms with Crippen LogP contribution in [0.5, 0.6) is 0 Å². The Hall–Kier alpha value is 0.310. The zero-order chi connectivity index (χ0) is 13.1. The zero-order valence-electron chi connectivity index (χ0n) is 12.4. The van der Waals surface area contributed by atoms with Crippen LogP contribution in [0.3, 0.4) is 0 Å². The van der Waals surface area contributed by atoms with Crippen LogP contribution in [0.15, 0.2) is 0 Å². The Morgan fingerprint density at radius 3 is 2.11 bits per heavy atom. The van der Waals surface area contributed by atoms with Gasteiger partial charge in [0.15, 0.2) is 0 Å². The highest BCUT2D eigenvalue weighted by Crippen LogP contribution is 2.40. The Labute approximate surface area is 119 Å². The summed E-state index contributed by atoms with van der Waals surface area (Å²) >= 11 is 4.67. The number of hydrogen-bond acceptors (Lipinski definition) is 2. The molecule has 0 aromatic carbocycles. The molecule has 18 heavy (non-hydrogen) atoms. The van der Waals surface area contributed by atoms with Crippen LogP contribution >= 0.6 is 12.6 Å². The van der Waals surface area contributed by atoms with Crippen LogP contribution in [0.1, 0.15) is 65.2 Å². The van der Waals surface area contributed by atoms with Crippen molar-refractivity contribution in [2.75, 3.05) is 25.4 Å². The van der Waals surface area contributed by atoms with Gasteiger partial charge >= 0.3 is 0 Å². The van der Waals surface area contributed by atoms with E-state index in [-0.39, 0.29) is 0 Å². The molecule has 0 amide bonds. The van der Waals surface area contributed by atoms with E-state index in [9.17, 15) is 0 Å². The topological polar surface area (TPSA) is 3.24 Å². The van der Waals surface area contributed by atoms with Crippen LogP contribution in [-0.4, -0.2) is 30.3 Å². The van der Waals surface area contributed by atoms with Crippen LogP contribution in [0.2, 0.25) is 0 Å². The Kier molecular flexibility index (Phi) is 5.05. The van der Waals surface area contributed by atoms with Gasteiger partial charge in [0.1, 0.15) is 0 Å². The summed E-state index contributed by atoms with van der Waals surface area (Å²) in [6, 6.07) is 0. The number of piperidine rings is 1. The first-order valence-electron chi connectivity index (χ1n) is 7.95. The van der Waals surface area contributed by atoms with Crippen molar-refractivity contribution >= 4 is 12.6 Å². The smallest absolute Gasteiger partial charge is 0.00458 e. The molecule has 0 N–H and O–H groups in total. The number of hydrogen-bond donors (Lipinski definition) is 1. The molecule has 1 saturated heterocycles. The molecule has 0 radical (unpaired) electrons. The molecular weight excluding hydrogens is 238 g/mol. The predicted molar refractivity (Wildman–Crippen MR) is 83.4 cm³/mol. The first-order chi connectivity index (χ1) is 8.61. The zero-order valence-corrected chi connectivity index (χ0v) is 13.3. The summed E-state index contributed by atoms with van der Waals surface area (Å²) in [5.74, 6) is 1.09. The van der Waals surface area contributed by atoms with Crippen molar-refractivity contribution in [1.29, 1.82) is 0 Å². The molecule has 0 bridgehead atoms. The molecule has 2 aliphatic rings. The van der Waals surface area contributed by atoms with Gasteiger partial charge in [-0.2, -0.15) is 12.6 Å². The average molecular weight is 269 g/mol. The molecular formula is C16H31NS. The molecule has 2 fully saturated rings. The molecule has 1 saturated carbocycles. The maximum Gasteiger partial charge on any atom is 0.00458 e. The minimum Gasteiger partial charge on any atom is -0.303 e. The van der Waals surface area contributed by atoms with E-state index in [4.69, 9.17) is 0 Å². The first kappa shape index (κ1) is 14.7. The summed E-state index contributed by atoms with van der Waals surface area (Å²) in [4.78, 5) is 2.74. The summed E-state index contributed by atoms with van der Waals surface area (Å²) in [5.41, 5.74) is 1.17. The van der Waals surface area contributed by atoms with Crippen molar-refractivity contribution in [3.63, 3.8) is 0 Å². The Morgan fingerprint density at radius 1 is 1.00 bits per heavy atom. The van der Waals surface area contributed by atoms with Gasteiger partial charge in [-0.05, 0) is 55.4 Å². The molecule has 2 heteroatoms. The molecule has 1 aliphatic carbocycles. The van der Waals surface area contributed by atoms with Gasteiger partial charge in [-0.15, -0.1) is 0 Å². The van der Waals surface area contributed by atoms with E-state index in [1.54, 1.807) is 0 Å². The molecule has 1 aliphatic heterocycles. The molecule has 1 nitrogen and oxygen atoms in total. The summed E-state index contributed by atoms with van der Waals surface area (Å²) in [5, 5.41) is 0. The summed E-state index contributed by atoms with van der Waals surface area (Å²) in [7, 11) is 0. The lowest BCUT2D eigenvalue weighted by atomic mass is 9.73. The molecule has 1 heterocycles. The lowest BCUT2D eigenvalue weighted by Crippen LogP contribution is -2.45. The molecule has 0 spiro atoms. The molecule has 0 aromatic rings. The lowest BCUT2D eigenvalue weighted by Gasteiger charge is -2.45. The van der Waals surface area contributed by atoms with Gasteiger partial charge in [0.2, 0.25) is 0 Å². The second-order valence-electron chi connectivity index (χ2n) is 7.16. The monoisotopic (exact) mass is 269 g/mol. The van der Waals surface area contributed by atoms with Crippen molar-refractivity contribution < 1.29 is 0 Å². The Morgan fingerprint density at radius 2 is 1.61 bits per heavy atom. The Bertz CT molecular complexity index is 250. The van der Waals surface area contributed by atoms with E-state index in [0.29, 0.717) is 10.8 Å². The average Bonchev–Trinajstić information content (AvgIpc) is 2.43. The van der Waals surface area contributed by atoms with E-state index in [1.807, 2.05) is 0 Å². The van der Waals surface area contributed by atoms with Crippen LogP contribution < -0.4 is 0 Å². The summed E-state index contributed by atoms with van der Waals surface area (Å²) in [6.07, 6.45) is 11.3. The van der Waals surface area contributed by atoms with Crippen LogP contribution in [0, 0.1) is 10.8 Å². The van der Waals surface area contributed by atoms with Crippen molar-refractivity contribution in [3.05, 3.63) is 0 Å². The van der Waals surface area contributed by atoms with Crippen LogP contribution in [-0.2, 0) is 0 Å². The van der Waals surface area contributed by atoms with Crippen LogP contribution in [0.4, 0.5) is 0 Å². The quantitative estimate of drug-likeness (QED) is 0.741. The third-order valence-corrected chi connectivity index (χ3v) is 6.40. The maximum atomic E-state index is 4.67. The van der Waals surface area contributed by atoms with E-state index in [2.05, 4.69) is 31.4 Å². The minimum atomic E-state index is 0.543. The van der Waals surface area contributed by atoms with Gasteiger partial charge in [0.05, 0.1) is 0 Å². The van der Waals surface area contributed by atoms with Gasteiger partial charge in [0, 0.05) is 6.54 Å². The molecule has 0 atom stereocenters. The van der Waals surface area contributed by atoms with Crippen LogP contribution in [0.25, 0.3) is 0 Å². The van der Waals surface area contributed by atoms with Crippen molar-refractivity contribution in [2.24, 2.45) is 10.8 Å². The lowest BCUT2D eigenvalue weighted by molar-refractivity contribution is 0.0639. The highest BCUT2D eigenvalue weighted by atomic mass is 32.1. The second-order valence-corrected chi connectivity index (χ2v) is 7.48. The molecule has 106 valence electrons. The summed E-state index contributed by atoms with van der Waals surface area (Å²) in [6.45, 7) is 8.78. The van der Waals surface area contributed by atoms with Crippen molar-refractivity contribution in [2.45, 2.75) is 65.2 Å². The first-order valence-corrected chi connectivity index (χ1v) is 8.58. The maximum absolute atomic E-state index is 4.67. The molecule has 0 unspecified atom stereocenters.